The zero-order valence-corrected chi connectivity index (χ0v) is 11.1. The minimum absolute atomic E-state index is 0.148. The Morgan fingerprint density at radius 3 is 2.68 bits per heavy atom. The zero-order valence-electron chi connectivity index (χ0n) is 11.1. The number of aromatic amines is 1. The van der Waals surface area contributed by atoms with Crippen LogP contribution in [0.2, 0.25) is 0 Å². The standard InChI is InChI=1S/C14H15NO4/c1-13(2)7-14(13,11(16)18-3)8-4-5-9-10(6-8)19-12(17)15-9/h4-6H,7H2,1-3H3,(H,15,17). The summed E-state index contributed by atoms with van der Waals surface area (Å²) in [5.41, 5.74) is 1.15. The quantitative estimate of drug-likeness (QED) is 0.839. The first-order valence-electron chi connectivity index (χ1n) is 6.12. The second-order valence-electron chi connectivity index (χ2n) is 5.68. The molecule has 1 saturated carbocycles. The Balaban J connectivity index is 2.17. The average molecular weight is 261 g/mol. The topological polar surface area (TPSA) is 72.3 Å². The van der Waals surface area contributed by atoms with Crippen molar-refractivity contribution in [3.63, 3.8) is 0 Å². The molecule has 5 heteroatoms. The molecule has 1 heterocycles. The normalized spacial score (nSPS) is 24.4. The number of methoxy groups -OCH3 is 1. The number of esters is 1. The number of H-pyrrole nitrogens is 1. The molecule has 1 N–H and O–H groups in total. The Bertz CT molecular complexity index is 724. The van der Waals surface area contributed by atoms with Gasteiger partial charge < -0.3 is 9.15 Å². The number of nitrogens with one attached hydrogen (secondary N) is 1. The molecule has 19 heavy (non-hydrogen) atoms. The molecule has 100 valence electrons. The first-order valence-corrected chi connectivity index (χ1v) is 6.12. The molecule has 0 spiro atoms. The van der Waals surface area contributed by atoms with Crippen molar-refractivity contribution < 1.29 is 13.9 Å². The summed E-state index contributed by atoms with van der Waals surface area (Å²) in [6.07, 6.45) is 0.729. The van der Waals surface area contributed by atoms with Gasteiger partial charge in [0, 0.05) is 0 Å². The van der Waals surface area contributed by atoms with E-state index in [-0.39, 0.29) is 11.4 Å². The molecule has 1 aliphatic carbocycles. The van der Waals surface area contributed by atoms with E-state index in [2.05, 4.69) is 4.98 Å². The summed E-state index contributed by atoms with van der Waals surface area (Å²) < 4.78 is 10.00. The number of fused-ring (bicyclic) bond motifs is 1. The first kappa shape index (κ1) is 12.0. The third-order valence-electron chi connectivity index (χ3n) is 4.19. The molecule has 1 aromatic heterocycles. The van der Waals surface area contributed by atoms with Gasteiger partial charge in [-0.15, -0.1) is 0 Å². The third-order valence-corrected chi connectivity index (χ3v) is 4.19. The second kappa shape index (κ2) is 3.50. The van der Waals surface area contributed by atoms with Crippen LogP contribution in [0.1, 0.15) is 25.8 Å². The molecular formula is C14H15NO4. The molecule has 3 rings (SSSR count). The number of aromatic nitrogens is 1. The molecule has 0 amide bonds. The van der Waals surface area contributed by atoms with Crippen LogP contribution in [-0.4, -0.2) is 18.1 Å². The summed E-state index contributed by atoms with van der Waals surface area (Å²) in [7, 11) is 1.40. The Morgan fingerprint density at radius 2 is 2.11 bits per heavy atom. The van der Waals surface area contributed by atoms with Crippen molar-refractivity contribution in [2.24, 2.45) is 5.41 Å². The SMILES string of the molecule is COC(=O)C1(c2ccc3[nH]c(=O)oc3c2)CC1(C)C. The van der Waals surface area contributed by atoms with Crippen LogP contribution in [0, 0.1) is 5.41 Å². The van der Waals surface area contributed by atoms with Crippen LogP contribution in [-0.2, 0) is 14.9 Å². The highest BCUT2D eigenvalue weighted by Gasteiger charge is 2.68. The summed E-state index contributed by atoms with van der Waals surface area (Å²) in [5.74, 6) is -0.732. The monoisotopic (exact) mass is 261 g/mol. The van der Waals surface area contributed by atoms with Gasteiger partial charge in [0.15, 0.2) is 5.58 Å². The lowest BCUT2D eigenvalue weighted by atomic mass is 9.88. The van der Waals surface area contributed by atoms with Gasteiger partial charge in [0.1, 0.15) is 0 Å². The van der Waals surface area contributed by atoms with Crippen molar-refractivity contribution in [3.8, 4) is 0 Å². The van der Waals surface area contributed by atoms with E-state index in [1.165, 1.54) is 7.11 Å². The number of rotatable bonds is 2. The summed E-state index contributed by atoms with van der Waals surface area (Å²) in [6.45, 7) is 4.06. The minimum atomic E-state index is -0.633. The van der Waals surface area contributed by atoms with Gasteiger partial charge in [-0.1, -0.05) is 19.9 Å². The van der Waals surface area contributed by atoms with Crippen LogP contribution in [0.4, 0.5) is 0 Å². The number of carbonyl (C=O) groups excluding carboxylic acids is 1. The maximum atomic E-state index is 12.1. The summed E-state index contributed by atoms with van der Waals surface area (Å²) in [4.78, 5) is 25.9. The highest BCUT2D eigenvalue weighted by Crippen LogP contribution is 2.65. The number of carbonyl (C=O) groups is 1. The third kappa shape index (κ3) is 1.47. The molecule has 1 aliphatic rings. The molecule has 1 fully saturated rings. The van der Waals surface area contributed by atoms with Gasteiger partial charge in [-0.3, -0.25) is 9.78 Å². The largest absolute Gasteiger partial charge is 0.468 e. The fourth-order valence-corrected chi connectivity index (χ4v) is 2.96. The molecule has 1 atom stereocenters. The van der Waals surface area contributed by atoms with Gasteiger partial charge in [0.25, 0.3) is 0 Å². The summed E-state index contributed by atoms with van der Waals surface area (Å²) in [5, 5.41) is 0. The smallest absolute Gasteiger partial charge is 0.417 e. The fraction of sp³-hybridized carbons (Fsp3) is 0.429. The fourth-order valence-electron chi connectivity index (χ4n) is 2.96. The molecule has 0 radical (unpaired) electrons. The lowest BCUT2D eigenvalue weighted by Crippen LogP contribution is -2.27. The Morgan fingerprint density at radius 1 is 1.42 bits per heavy atom. The average Bonchev–Trinajstić information content (AvgIpc) is 2.76. The van der Waals surface area contributed by atoms with Crippen molar-refractivity contribution in [1.29, 1.82) is 0 Å². The maximum absolute atomic E-state index is 12.1. The first-order chi connectivity index (χ1) is 8.90. The van der Waals surface area contributed by atoms with Crippen molar-refractivity contribution >= 4 is 17.1 Å². The summed E-state index contributed by atoms with van der Waals surface area (Å²) in [6, 6.07) is 5.35. The zero-order chi connectivity index (χ0) is 13.8. The predicted octanol–water partition coefficient (Wildman–Crippen LogP) is 1.96. The van der Waals surface area contributed by atoms with Crippen molar-refractivity contribution in [2.45, 2.75) is 25.7 Å². The van der Waals surface area contributed by atoms with Gasteiger partial charge in [-0.05, 0) is 29.5 Å². The highest BCUT2D eigenvalue weighted by atomic mass is 16.5. The summed E-state index contributed by atoms with van der Waals surface area (Å²) >= 11 is 0. The number of hydrogen-bond acceptors (Lipinski definition) is 4. The van der Waals surface area contributed by atoms with Crippen LogP contribution < -0.4 is 5.76 Å². The molecule has 5 nitrogen and oxygen atoms in total. The maximum Gasteiger partial charge on any atom is 0.417 e. The molecular weight excluding hydrogens is 246 g/mol. The van der Waals surface area contributed by atoms with E-state index in [9.17, 15) is 9.59 Å². The van der Waals surface area contributed by atoms with Crippen molar-refractivity contribution in [3.05, 3.63) is 34.3 Å². The van der Waals surface area contributed by atoms with Gasteiger partial charge >= 0.3 is 11.7 Å². The molecule has 2 aromatic rings. The lowest BCUT2D eigenvalue weighted by molar-refractivity contribution is -0.144. The van der Waals surface area contributed by atoms with Gasteiger partial charge in [-0.2, -0.15) is 0 Å². The molecule has 0 aliphatic heterocycles. The van der Waals surface area contributed by atoms with Gasteiger partial charge in [-0.25, -0.2) is 4.79 Å². The Labute approximate surface area is 109 Å². The highest BCUT2D eigenvalue weighted by molar-refractivity contribution is 5.90. The van der Waals surface area contributed by atoms with E-state index in [4.69, 9.17) is 9.15 Å². The minimum Gasteiger partial charge on any atom is -0.468 e. The number of hydrogen-bond donors (Lipinski definition) is 1. The molecule has 1 unspecified atom stereocenters. The molecule has 1 aromatic carbocycles. The van der Waals surface area contributed by atoms with E-state index in [0.717, 1.165) is 12.0 Å². The molecule has 0 bridgehead atoms. The van der Waals surface area contributed by atoms with Crippen LogP contribution in [0.5, 0.6) is 0 Å². The van der Waals surface area contributed by atoms with E-state index in [1.54, 1.807) is 12.1 Å². The number of benzene rings is 1. The van der Waals surface area contributed by atoms with E-state index < -0.39 is 11.2 Å². The Hall–Kier alpha value is -2.04. The number of ether oxygens (including phenoxy) is 1. The van der Waals surface area contributed by atoms with Gasteiger partial charge in [0.05, 0.1) is 18.0 Å². The van der Waals surface area contributed by atoms with Crippen LogP contribution in [0.25, 0.3) is 11.1 Å². The van der Waals surface area contributed by atoms with Crippen molar-refractivity contribution in [2.75, 3.05) is 7.11 Å². The van der Waals surface area contributed by atoms with E-state index in [1.807, 2.05) is 19.9 Å². The second-order valence-corrected chi connectivity index (χ2v) is 5.68. The van der Waals surface area contributed by atoms with Crippen LogP contribution >= 0.6 is 0 Å². The van der Waals surface area contributed by atoms with Crippen LogP contribution in [0.3, 0.4) is 0 Å². The Kier molecular flexibility index (Phi) is 2.21. The van der Waals surface area contributed by atoms with Gasteiger partial charge in [0.2, 0.25) is 0 Å². The van der Waals surface area contributed by atoms with Crippen molar-refractivity contribution in [1.82, 2.24) is 4.98 Å². The lowest BCUT2D eigenvalue weighted by Gasteiger charge is -2.18. The van der Waals surface area contributed by atoms with E-state index >= 15 is 0 Å². The number of oxazole rings is 1. The van der Waals surface area contributed by atoms with Crippen LogP contribution in [0.15, 0.2) is 27.4 Å². The van der Waals surface area contributed by atoms with E-state index in [0.29, 0.717) is 11.1 Å². The predicted molar refractivity (Wildman–Crippen MR) is 68.9 cm³/mol. The molecule has 0 saturated heterocycles.